The summed E-state index contributed by atoms with van der Waals surface area (Å²) >= 11 is 6.64. The number of likely N-dealkylation sites (tertiary alicyclic amines) is 1. The van der Waals surface area contributed by atoms with Gasteiger partial charge in [0.15, 0.2) is 0 Å². The Balaban J connectivity index is 1.41. The van der Waals surface area contributed by atoms with E-state index in [-0.39, 0.29) is 43.1 Å². The molecule has 0 aliphatic carbocycles. The fourth-order valence-corrected chi connectivity index (χ4v) is 6.32. The highest BCUT2D eigenvalue weighted by Crippen LogP contribution is 2.36. The number of carbonyl (C=O) groups excluding carboxylic acids is 3. The third kappa shape index (κ3) is 6.15. The zero-order valence-corrected chi connectivity index (χ0v) is 26.9. The minimum atomic E-state index is -0.846. The van der Waals surface area contributed by atoms with Crippen LogP contribution in [-0.2, 0) is 27.9 Å². The Hall–Kier alpha value is -3.99. The topological polar surface area (TPSA) is 106 Å². The highest BCUT2D eigenvalue weighted by molar-refractivity contribution is 6.31. The number of rotatable bonds is 6. The number of nitrogens with zero attached hydrogens (tertiary/aromatic N) is 5. The second kappa shape index (κ2) is 12.2. The maximum absolute atomic E-state index is 13.8. The number of imide groups is 1. The van der Waals surface area contributed by atoms with Gasteiger partial charge in [-0.1, -0.05) is 23.7 Å². The number of carbonyl (C=O) groups is 3. The van der Waals surface area contributed by atoms with E-state index in [4.69, 9.17) is 21.1 Å². The van der Waals surface area contributed by atoms with Gasteiger partial charge in [-0.3, -0.25) is 23.6 Å². The van der Waals surface area contributed by atoms with Crippen LogP contribution in [0.4, 0.5) is 10.5 Å². The van der Waals surface area contributed by atoms with Crippen LogP contribution in [0.15, 0.2) is 41.2 Å². The molecule has 0 saturated carbocycles. The number of aromatic nitrogens is 2. The van der Waals surface area contributed by atoms with Gasteiger partial charge in [0.25, 0.3) is 5.91 Å². The lowest BCUT2D eigenvalue weighted by molar-refractivity contribution is -0.151. The van der Waals surface area contributed by atoms with Crippen molar-refractivity contribution in [1.29, 1.82) is 0 Å². The van der Waals surface area contributed by atoms with E-state index in [0.717, 1.165) is 11.3 Å². The number of hydrogen-bond donors (Lipinski definition) is 0. The number of halogens is 1. The first-order valence-corrected chi connectivity index (χ1v) is 15.2. The molecular weight excluding hydrogens is 586 g/mol. The smallest absolute Gasteiger partial charge is 0.410 e. The molecule has 3 aromatic rings. The molecule has 2 aliphatic heterocycles. The van der Waals surface area contributed by atoms with Crippen molar-refractivity contribution in [3.8, 4) is 5.75 Å². The van der Waals surface area contributed by atoms with Gasteiger partial charge in [-0.25, -0.2) is 9.59 Å². The molecule has 1 aromatic heterocycles. The number of amides is 3. The van der Waals surface area contributed by atoms with Gasteiger partial charge < -0.3 is 19.3 Å². The van der Waals surface area contributed by atoms with Gasteiger partial charge in [-0.2, -0.15) is 0 Å². The van der Waals surface area contributed by atoms with Crippen LogP contribution in [0.25, 0.3) is 11.0 Å². The molecule has 1 unspecified atom stereocenters. The molecule has 2 fully saturated rings. The normalized spacial score (nSPS) is 18.2. The van der Waals surface area contributed by atoms with Crippen molar-refractivity contribution < 1.29 is 23.9 Å². The molecule has 2 saturated heterocycles. The highest BCUT2D eigenvalue weighted by atomic mass is 35.5. The summed E-state index contributed by atoms with van der Waals surface area (Å²) in [6.45, 7) is 6.92. The number of hydrogen-bond acceptors (Lipinski definition) is 7. The Labute approximate surface area is 261 Å². The van der Waals surface area contributed by atoms with Crippen LogP contribution in [0.5, 0.6) is 5.75 Å². The van der Waals surface area contributed by atoms with Gasteiger partial charge in [-0.15, -0.1) is 0 Å². The third-order valence-electron chi connectivity index (χ3n) is 8.45. The van der Waals surface area contributed by atoms with Gasteiger partial charge >= 0.3 is 11.8 Å². The molecule has 12 heteroatoms. The van der Waals surface area contributed by atoms with E-state index in [9.17, 15) is 19.2 Å². The molecule has 0 bridgehead atoms. The second-order valence-corrected chi connectivity index (χ2v) is 13.0. The maximum atomic E-state index is 13.8. The lowest BCUT2D eigenvalue weighted by atomic mass is 10.0. The van der Waals surface area contributed by atoms with Gasteiger partial charge in [-0.05, 0) is 69.9 Å². The zero-order chi connectivity index (χ0) is 31.9. The molecular formula is C32H40ClN5O6. The monoisotopic (exact) mass is 625 g/mol. The number of piperidine rings is 2. The lowest BCUT2D eigenvalue weighted by Crippen LogP contribution is -2.47. The summed E-state index contributed by atoms with van der Waals surface area (Å²) in [4.78, 5) is 58.2. The maximum Gasteiger partial charge on any atom is 0.410 e. The Morgan fingerprint density at radius 2 is 1.70 bits per heavy atom. The van der Waals surface area contributed by atoms with E-state index in [1.807, 2.05) is 39.0 Å². The Morgan fingerprint density at radius 1 is 1.05 bits per heavy atom. The first kappa shape index (κ1) is 31.4. The van der Waals surface area contributed by atoms with Gasteiger partial charge in [0.1, 0.15) is 17.4 Å². The summed E-state index contributed by atoms with van der Waals surface area (Å²) in [5.41, 5.74) is 1.87. The summed E-state index contributed by atoms with van der Waals surface area (Å²) in [6, 6.07) is 9.91. The molecule has 2 aromatic carbocycles. The Morgan fingerprint density at radius 3 is 2.32 bits per heavy atom. The summed E-state index contributed by atoms with van der Waals surface area (Å²) in [6.07, 6.45) is 1.43. The quantitative estimate of drug-likeness (QED) is 0.365. The number of methoxy groups -OCH3 is 1. The fraction of sp³-hybridized carbons (Fsp3) is 0.500. The average Bonchev–Trinajstić information content (AvgIpc) is 3.23. The molecule has 3 amide bonds. The van der Waals surface area contributed by atoms with Crippen LogP contribution in [0.1, 0.15) is 58.1 Å². The van der Waals surface area contributed by atoms with E-state index in [1.165, 1.54) is 9.47 Å². The fourth-order valence-electron chi connectivity index (χ4n) is 6.12. The van der Waals surface area contributed by atoms with Crippen LogP contribution in [-0.4, -0.2) is 75.7 Å². The van der Waals surface area contributed by atoms with Crippen molar-refractivity contribution in [2.75, 3.05) is 32.1 Å². The molecule has 1 atom stereocenters. The standard InChI is InChI=1S/C32H40ClN5O6/c1-32(2,3)44-31(42)34(4)22-13-15-36(16-14-22)25-17-21(33)18-26-28(25)35(5)30(41)38(26)24-11-12-27(39)37(29(24)40)19-20-7-9-23(43-6)10-8-20/h7-10,17-18,22,24H,11-16,19H2,1-6H3. The molecule has 0 radical (unpaired) electrons. The first-order valence-electron chi connectivity index (χ1n) is 14.9. The molecule has 236 valence electrons. The van der Waals surface area contributed by atoms with Gasteiger partial charge in [0.2, 0.25) is 5.91 Å². The number of fused-ring (bicyclic) bond motifs is 1. The summed E-state index contributed by atoms with van der Waals surface area (Å²) in [5.74, 6) is -0.00955. The van der Waals surface area contributed by atoms with Gasteiger partial charge in [0.05, 0.1) is 30.4 Å². The number of ether oxygens (including phenoxy) is 2. The summed E-state index contributed by atoms with van der Waals surface area (Å²) in [7, 11) is 5.03. The van der Waals surface area contributed by atoms with Crippen molar-refractivity contribution in [3.63, 3.8) is 0 Å². The van der Waals surface area contributed by atoms with Crippen LogP contribution in [0.2, 0.25) is 5.02 Å². The molecule has 44 heavy (non-hydrogen) atoms. The molecule has 11 nitrogen and oxygen atoms in total. The average molecular weight is 626 g/mol. The number of benzene rings is 2. The van der Waals surface area contributed by atoms with E-state index in [0.29, 0.717) is 47.7 Å². The first-order chi connectivity index (χ1) is 20.8. The summed E-state index contributed by atoms with van der Waals surface area (Å²) in [5, 5.41) is 0.439. The SMILES string of the molecule is COc1ccc(CN2C(=O)CCC(n3c(=O)n(C)c4c(N5CCC(N(C)C(=O)OC(C)(C)C)CC5)cc(Cl)cc43)C2=O)cc1. The predicted molar refractivity (Wildman–Crippen MR) is 168 cm³/mol. The second-order valence-electron chi connectivity index (χ2n) is 12.5. The number of imidazole rings is 1. The molecule has 3 heterocycles. The van der Waals surface area contributed by atoms with E-state index in [2.05, 4.69) is 4.90 Å². The zero-order valence-electron chi connectivity index (χ0n) is 26.1. The Kier molecular flexibility index (Phi) is 8.71. The van der Waals surface area contributed by atoms with Crippen LogP contribution >= 0.6 is 11.6 Å². The Bertz CT molecular complexity index is 1630. The van der Waals surface area contributed by atoms with E-state index < -0.39 is 17.6 Å². The van der Waals surface area contributed by atoms with E-state index in [1.54, 1.807) is 48.9 Å². The van der Waals surface area contributed by atoms with E-state index >= 15 is 0 Å². The van der Waals surface area contributed by atoms with Crippen molar-refractivity contribution in [1.82, 2.24) is 18.9 Å². The largest absolute Gasteiger partial charge is 0.497 e. The predicted octanol–water partition coefficient (Wildman–Crippen LogP) is 4.73. The molecule has 0 spiro atoms. The minimum Gasteiger partial charge on any atom is -0.497 e. The minimum absolute atomic E-state index is 0.0123. The van der Waals surface area contributed by atoms with Crippen LogP contribution in [0, 0.1) is 0 Å². The lowest BCUT2D eigenvalue weighted by Gasteiger charge is -2.38. The number of aryl methyl sites for hydroxylation is 1. The third-order valence-corrected chi connectivity index (χ3v) is 8.67. The van der Waals surface area contributed by atoms with Crippen LogP contribution < -0.4 is 15.3 Å². The van der Waals surface area contributed by atoms with Crippen molar-refractivity contribution in [2.45, 2.75) is 70.7 Å². The summed E-state index contributed by atoms with van der Waals surface area (Å²) < 4.78 is 13.8. The van der Waals surface area contributed by atoms with Gasteiger partial charge in [0, 0.05) is 44.7 Å². The number of anilines is 1. The van der Waals surface area contributed by atoms with Crippen molar-refractivity contribution in [2.24, 2.45) is 7.05 Å². The van der Waals surface area contributed by atoms with Crippen LogP contribution in [0.3, 0.4) is 0 Å². The molecule has 0 N–H and O–H groups in total. The molecule has 2 aliphatic rings. The molecule has 5 rings (SSSR count). The highest BCUT2D eigenvalue weighted by Gasteiger charge is 2.38. The van der Waals surface area contributed by atoms with Crippen molar-refractivity contribution in [3.05, 3.63) is 57.5 Å². The van der Waals surface area contributed by atoms with Crippen molar-refractivity contribution >= 4 is 46.2 Å².